The van der Waals surface area contributed by atoms with Gasteiger partial charge in [-0.05, 0) is 30.5 Å². The fraction of sp³-hybridized carbons (Fsp3) is 0.364. The summed E-state index contributed by atoms with van der Waals surface area (Å²) in [4.78, 5) is 11.1. The van der Waals surface area contributed by atoms with Gasteiger partial charge in [-0.1, -0.05) is 28.1 Å². The first-order valence-corrected chi connectivity index (χ1v) is 5.75. The highest BCUT2D eigenvalue weighted by Gasteiger charge is 2.17. The van der Waals surface area contributed by atoms with Gasteiger partial charge in [0.05, 0.1) is 7.11 Å². The summed E-state index contributed by atoms with van der Waals surface area (Å²) in [5.74, 6) is -0.393. The van der Waals surface area contributed by atoms with Gasteiger partial charge in [-0.15, -0.1) is 11.6 Å². The lowest BCUT2D eigenvalue weighted by Gasteiger charge is -2.10. The summed E-state index contributed by atoms with van der Waals surface area (Å²) in [6, 6.07) is 5.84. The first-order valence-electron chi connectivity index (χ1n) is 4.52. The minimum Gasteiger partial charge on any atom is -0.468 e. The van der Waals surface area contributed by atoms with Crippen LogP contribution in [0.15, 0.2) is 22.7 Å². The van der Waals surface area contributed by atoms with Gasteiger partial charge >= 0.3 is 5.97 Å². The SMILES string of the molecule is COC(=O)C(Cl)Cc1cccc(Br)c1C. The Kier molecular flexibility index (Phi) is 4.61. The average molecular weight is 292 g/mol. The largest absolute Gasteiger partial charge is 0.468 e. The smallest absolute Gasteiger partial charge is 0.324 e. The van der Waals surface area contributed by atoms with Crippen molar-refractivity contribution in [3.8, 4) is 0 Å². The molecule has 1 unspecified atom stereocenters. The van der Waals surface area contributed by atoms with Crippen LogP contribution in [0.2, 0.25) is 0 Å². The number of carbonyl (C=O) groups is 1. The Bertz CT molecular complexity index is 366. The molecule has 0 heterocycles. The van der Waals surface area contributed by atoms with E-state index in [1.54, 1.807) is 0 Å². The molecule has 0 amide bonds. The monoisotopic (exact) mass is 290 g/mol. The number of methoxy groups -OCH3 is 1. The molecule has 0 aromatic heterocycles. The van der Waals surface area contributed by atoms with Crippen LogP contribution < -0.4 is 0 Å². The molecule has 1 atom stereocenters. The molecule has 0 aliphatic heterocycles. The van der Waals surface area contributed by atoms with Crippen LogP contribution in [0.4, 0.5) is 0 Å². The average Bonchev–Trinajstić information content (AvgIpc) is 2.23. The summed E-state index contributed by atoms with van der Waals surface area (Å²) < 4.78 is 5.59. The molecule has 0 fully saturated rings. The summed E-state index contributed by atoms with van der Waals surface area (Å²) in [6.45, 7) is 1.99. The van der Waals surface area contributed by atoms with Gasteiger partial charge in [-0.3, -0.25) is 4.79 Å². The van der Waals surface area contributed by atoms with Crippen molar-refractivity contribution >= 4 is 33.5 Å². The van der Waals surface area contributed by atoms with Crippen LogP contribution in [0.25, 0.3) is 0 Å². The Balaban J connectivity index is 2.81. The zero-order chi connectivity index (χ0) is 11.4. The summed E-state index contributed by atoms with van der Waals surface area (Å²) in [7, 11) is 1.34. The standard InChI is InChI=1S/C11H12BrClO2/c1-7-8(4-3-5-9(7)12)6-10(13)11(14)15-2/h3-5,10H,6H2,1-2H3. The van der Waals surface area contributed by atoms with Gasteiger partial charge < -0.3 is 4.74 Å². The molecule has 0 bridgehead atoms. The van der Waals surface area contributed by atoms with Crippen molar-refractivity contribution in [1.29, 1.82) is 0 Å². The molecule has 1 rings (SSSR count). The van der Waals surface area contributed by atoms with E-state index in [1.165, 1.54) is 7.11 Å². The van der Waals surface area contributed by atoms with Gasteiger partial charge in [0.1, 0.15) is 5.38 Å². The van der Waals surface area contributed by atoms with Gasteiger partial charge in [0.25, 0.3) is 0 Å². The molecule has 0 radical (unpaired) electrons. The maximum atomic E-state index is 11.1. The number of hydrogen-bond acceptors (Lipinski definition) is 2. The number of ether oxygens (including phenoxy) is 1. The van der Waals surface area contributed by atoms with Crippen molar-refractivity contribution in [2.24, 2.45) is 0 Å². The Morgan fingerprint density at radius 2 is 2.27 bits per heavy atom. The van der Waals surface area contributed by atoms with Gasteiger partial charge in [0.15, 0.2) is 0 Å². The molecule has 0 N–H and O–H groups in total. The van der Waals surface area contributed by atoms with E-state index in [-0.39, 0.29) is 0 Å². The molecular formula is C11H12BrClO2. The Hall–Kier alpha value is -0.540. The number of benzene rings is 1. The second-order valence-corrected chi connectivity index (χ2v) is 4.60. The van der Waals surface area contributed by atoms with Crippen molar-refractivity contribution in [3.63, 3.8) is 0 Å². The maximum Gasteiger partial charge on any atom is 0.324 e. The predicted molar refractivity (Wildman–Crippen MR) is 64.2 cm³/mol. The number of esters is 1. The topological polar surface area (TPSA) is 26.3 Å². The number of alkyl halides is 1. The van der Waals surface area contributed by atoms with Crippen LogP contribution in [0, 0.1) is 6.92 Å². The molecule has 0 saturated heterocycles. The van der Waals surface area contributed by atoms with Gasteiger partial charge in [0.2, 0.25) is 0 Å². The molecule has 4 heteroatoms. The summed E-state index contributed by atoms with van der Waals surface area (Å²) in [6.07, 6.45) is 0.486. The quantitative estimate of drug-likeness (QED) is 0.632. The van der Waals surface area contributed by atoms with Crippen LogP contribution in [-0.4, -0.2) is 18.5 Å². The molecule has 82 valence electrons. The van der Waals surface area contributed by atoms with Crippen molar-refractivity contribution in [1.82, 2.24) is 0 Å². The van der Waals surface area contributed by atoms with E-state index in [4.69, 9.17) is 11.6 Å². The van der Waals surface area contributed by atoms with E-state index in [1.807, 2.05) is 25.1 Å². The van der Waals surface area contributed by atoms with Crippen molar-refractivity contribution in [2.45, 2.75) is 18.7 Å². The summed E-state index contributed by atoms with van der Waals surface area (Å²) in [5, 5.41) is -0.622. The van der Waals surface area contributed by atoms with Crippen molar-refractivity contribution in [2.75, 3.05) is 7.11 Å². The highest BCUT2D eigenvalue weighted by molar-refractivity contribution is 9.10. The maximum absolute atomic E-state index is 11.1. The molecule has 1 aromatic carbocycles. The summed E-state index contributed by atoms with van der Waals surface area (Å²) in [5.41, 5.74) is 2.15. The van der Waals surface area contributed by atoms with E-state index in [0.29, 0.717) is 6.42 Å². The van der Waals surface area contributed by atoms with Gasteiger partial charge in [0, 0.05) is 4.47 Å². The highest BCUT2D eigenvalue weighted by atomic mass is 79.9. The highest BCUT2D eigenvalue weighted by Crippen LogP contribution is 2.21. The van der Waals surface area contributed by atoms with Crippen LogP contribution in [0.3, 0.4) is 0 Å². The predicted octanol–water partition coefficient (Wildman–Crippen LogP) is 3.08. The van der Waals surface area contributed by atoms with E-state index in [9.17, 15) is 4.79 Å². The van der Waals surface area contributed by atoms with Gasteiger partial charge in [-0.2, -0.15) is 0 Å². The van der Waals surface area contributed by atoms with E-state index < -0.39 is 11.3 Å². The first-order chi connectivity index (χ1) is 7.06. The number of hydrogen-bond donors (Lipinski definition) is 0. The lowest BCUT2D eigenvalue weighted by atomic mass is 10.0. The van der Waals surface area contributed by atoms with Crippen molar-refractivity contribution in [3.05, 3.63) is 33.8 Å². The fourth-order valence-electron chi connectivity index (χ4n) is 1.28. The summed E-state index contributed by atoms with van der Waals surface area (Å²) >= 11 is 9.33. The third kappa shape index (κ3) is 3.21. The number of rotatable bonds is 3. The normalized spacial score (nSPS) is 12.3. The van der Waals surface area contributed by atoms with Crippen LogP contribution >= 0.6 is 27.5 Å². The zero-order valence-corrected chi connectivity index (χ0v) is 10.9. The molecule has 0 spiro atoms. The molecule has 0 aliphatic rings. The second kappa shape index (κ2) is 5.52. The molecule has 2 nitrogen and oxygen atoms in total. The number of carbonyl (C=O) groups excluding carboxylic acids is 1. The Morgan fingerprint density at radius 1 is 1.60 bits per heavy atom. The third-order valence-corrected chi connectivity index (χ3v) is 3.43. The van der Waals surface area contributed by atoms with E-state index in [2.05, 4.69) is 20.7 Å². The molecule has 15 heavy (non-hydrogen) atoms. The van der Waals surface area contributed by atoms with Gasteiger partial charge in [-0.25, -0.2) is 0 Å². The third-order valence-electron chi connectivity index (χ3n) is 2.24. The minimum atomic E-state index is -0.622. The zero-order valence-electron chi connectivity index (χ0n) is 8.59. The molecular weight excluding hydrogens is 279 g/mol. The van der Waals surface area contributed by atoms with Crippen LogP contribution in [0.1, 0.15) is 11.1 Å². The lowest BCUT2D eigenvalue weighted by molar-refractivity contribution is -0.140. The fourth-order valence-corrected chi connectivity index (χ4v) is 1.94. The van der Waals surface area contributed by atoms with Crippen LogP contribution in [0.5, 0.6) is 0 Å². The molecule has 0 saturated carbocycles. The molecule has 1 aromatic rings. The lowest BCUT2D eigenvalue weighted by Crippen LogP contribution is -2.19. The first kappa shape index (κ1) is 12.5. The number of halogens is 2. The second-order valence-electron chi connectivity index (χ2n) is 3.22. The van der Waals surface area contributed by atoms with E-state index >= 15 is 0 Å². The van der Waals surface area contributed by atoms with Crippen molar-refractivity contribution < 1.29 is 9.53 Å². The minimum absolute atomic E-state index is 0.393. The Morgan fingerprint density at radius 3 is 2.87 bits per heavy atom. The Labute approximate surface area is 103 Å². The van der Waals surface area contributed by atoms with E-state index in [0.717, 1.165) is 15.6 Å². The molecule has 0 aliphatic carbocycles. The van der Waals surface area contributed by atoms with Crippen LogP contribution in [-0.2, 0) is 16.0 Å².